The molecule has 0 unspecified atom stereocenters. The first kappa shape index (κ1) is 17.3. The molecule has 0 radical (unpaired) electrons. The minimum absolute atomic E-state index is 0.178. The van der Waals surface area contributed by atoms with Crippen LogP contribution in [0, 0.1) is 6.92 Å². The average Bonchev–Trinajstić information content (AvgIpc) is 3.43. The SMILES string of the molecule is Cc1ccc(O)c(-c2cc(C3CC3)n(C(=O)NCCc3ccccc3)n2)c1. The zero-order valence-corrected chi connectivity index (χ0v) is 15.4. The van der Waals surface area contributed by atoms with Gasteiger partial charge in [-0.25, -0.2) is 4.79 Å². The highest BCUT2D eigenvalue weighted by Crippen LogP contribution is 2.42. The Balaban J connectivity index is 1.54. The van der Waals surface area contributed by atoms with E-state index in [1.807, 2.05) is 55.5 Å². The molecular formula is C22H23N3O2. The van der Waals surface area contributed by atoms with E-state index in [9.17, 15) is 9.90 Å². The number of carbonyl (C=O) groups excluding carboxylic acids is 1. The lowest BCUT2D eigenvalue weighted by atomic mass is 10.1. The smallest absolute Gasteiger partial charge is 0.342 e. The minimum atomic E-state index is -0.216. The van der Waals surface area contributed by atoms with E-state index in [0.717, 1.165) is 30.5 Å². The number of rotatable bonds is 5. The summed E-state index contributed by atoms with van der Waals surface area (Å²) in [7, 11) is 0. The van der Waals surface area contributed by atoms with E-state index in [2.05, 4.69) is 10.4 Å². The highest BCUT2D eigenvalue weighted by atomic mass is 16.3. The summed E-state index contributed by atoms with van der Waals surface area (Å²) in [4.78, 5) is 12.7. The number of nitrogens with zero attached hydrogens (tertiary/aromatic N) is 2. The zero-order chi connectivity index (χ0) is 18.8. The third kappa shape index (κ3) is 3.87. The summed E-state index contributed by atoms with van der Waals surface area (Å²) in [5.41, 5.74) is 4.44. The molecule has 0 spiro atoms. The van der Waals surface area contributed by atoms with Gasteiger partial charge in [-0.3, -0.25) is 0 Å². The molecule has 5 nitrogen and oxygen atoms in total. The maximum atomic E-state index is 12.7. The number of phenols is 1. The second kappa shape index (κ2) is 7.27. The molecule has 4 rings (SSSR count). The van der Waals surface area contributed by atoms with Gasteiger partial charge in [0, 0.05) is 18.0 Å². The number of carbonyl (C=O) groups is 1. The number of benzene rings is 2. The molecule has 0 atom stereocenters. The van der Waals surface area contributed by atoms with Crippen LogP contribution in [0.2, 0.25) is 0 Å². The van der Waals surface area contributed by atoms with E-state index in [1.54, 1.807) is 6.07 Å². The molecule has 1 aromatic heterocycles. The van der Waals surface area contributed by atoms with Gasteiger partial charge in [-0.1, -0.05) is 42.0 Å². The standard InChI is InChI=1S/C22H23N3O2/c1-15-7-10-21(26)18(13-15)19-14-20(17-8-9-17)25(24-19)22(27)23-12-11-16-5-3-2-4-6-16/h2-7,10,13-14,17,26H,8-9,11-12H2,1H3,(H,23,27). The average molecular weight is 361 g/mol. The summed E-state index contributed by atoms with van der Waals surface area (Å²) in [6.45, 7) is 2.52. The molecule has 138 valence electrons. The Morgan fingerprint density at radius 1 is 1.19 bits per heavy atom. The predicted molar refractivity (Wildman–Crippen MR) is 105 cm³/mol. The molecule has 1 heterocycles. The van der Waals surface area contributed by atoms with Crippen LogP contribution in [0.25, 0.3) is 11.3 Å². The topological polar surface area (TPSA) is 67.2 Å². The van der Waals surface area contributed by atoms with Gasteiger partial charge in [0.15, 0.2) is 0 Å². The largest absolute Gasteiger partial charge is 0.507 e. The first-order valence-corrected chi connectivity index (χ1v) is 9.34. The summed E-state index contributed by atoms with van der Waals surface area (Å²) in [5, 5.41) is 17.7. The highest BCUT2D eigenvalue weighted by Gasteiger charge is 2.30. The Morgan fingerprint density at radius 3 is 2.70 bits per heavy atom. The molecule has 1 aliphatic carbocycles. The van der Waals surface area contributed by atoms with Gasteiger partial charge in [-0.05, 0) is 49.9 Å². The van der Waals surface area contributed by atoms with Crippen LogP contribution in [0.1, 0.15) is 35.6 Å². The van der Waals surface area contributed by atoms with E-state index in [0.29, 0.717) is 23.7 Å². The molecule has 3 aromatic rings. The van der Waals surface area contributed by atoms with Gasteiger partial charge < -0.3 is 10.4 Å². The van der Waals surface area contributed by atoms with Crippen molar-refractivity contribution in [3.63, 3.8) is 0 Å². The van der Waals surface area contributed by atoms with Crippen molar-refractivity contribution in [2.45, 2.75) is 32.1 Å². The van der Waals surface area contributed by atoms with Gasteiger partial charge in [0.2, 0.25) is 0 Å². The molecule has 2 N–H and O–H groups in total. The fraction of sp³-hybridized carbons (Fsp3) is 0.273. The van der Waals surface area contributed by atoms with Gasteiger partial charge in [-0.15, -0.1) is 0 Å². The lowest BCUT2D eigenvalue weighted by Gasteiger charge is -2.08. The number of hydrogen-bond acceptors (Lipinski definition) is 3. The third-order valence-corrected chi connectivity index (χ3v) is 4.89. The molecule has 0 aliphatic heterocycles. The van der Waals surface area contributed by atoms with E-state index < -0.39 is 0 Å². The molecule has 1 amide bonds. The van der Waals surface area contributed by atoms with Crippen LogP contribution in [0.5, 0.6) is 5.75 Å². The number of phenolic OH excluding ortho intramolecular Hbond substituents is 1. The van der Waals surface area contributed by atoms with E-state index in [4.69, 9.17) is 0 Å². The number of aromatic nitrogens is 2. The number of aromatic hydroxyl groups is 1. The lowest BCUT2D eigenvalue weighted by molar-refractivity contribution is 0.239. The molecule has 1 saturated carbocycles. The van der Waals surface area contributed by atoms with Crippen LogP contribution >= 0.6 is 0 Å². The quantitative estimate of drug-likeness (QED) is 0.714. The Bertz CT molecular complexity index is 959. The van der Waals surface area contributed by atoms with Crippen LogP contribution in [-0.4, -0.2) is 27.5 Å². The molecule has 2 aromatic carbocycles. The maximum absolute atomic E-state index is 12.7. The van der Waals surface area contributed by atoms with Gasteiger partial charge in [0.05, 0.1) is 11.4 Å². The van der Waals surface area contributed by atoms with Crippen LogP contribution < -0.4 is 5.32 Å². The summed E-state index contributed by atoms with van der Waals surface area (Å²) < 4.78 is 1.47. The van der Waals surface area contributed by atoms with Crippen LogP contribution in [0.15, 0.2) is 54.6 Å². The van der Waals surface area contributed by atoms with Crippen molar-refractivity contribution in [1.82, 2.24) is 15.1 Å². The highest BCUT2D eigenvalue weighted by molar-refractivity contribution is 5.79. The number of nitrogens with one attached hydrogen (secondary N) is 1. The molecule has 5 heteroatoms. The number of aryl methyl sites for hydroxylation is 1. The first-order valence-electron chi connectivity index (χ1n) is 9.34. The van der Waals surface area contributed by atoms with Crippen molar-refractivity contribution in [1.29, 1.82) is 0 Å². The third-order valence-electron chi connectivity index (χ3n) is 4.89. The summed E-state index contributed by atoms with van der Waals surface area (Å²) in [6.07, 6.45) is 2.92. The van der Waals surface area contributed by atoms with Crippen molar-refractivity contribution < 1.29 is 9.90 Å². The molecule has 0 bridgehead atoms. The fourth-order valence-corrected chi connectivity index (χ4v) is 3.25. The number of amides is 1. The molecule has 0 saturated heterocycles. The van der Waals surface area contributed by atoms with Crippen molar-refractivity contribution in [3.8, 4) is 17.0 Å². The number of hydrogen-bond donors (Lipinski definition) is 2. The Kier molecular flexibility index (Phi) is 4.67. The zero-order valence-electron chi connectivity index (χ0n) is 15.4. The van der Waals surface area contributed by atoms with Crippen LogP contribution in [0.4, 0.5) is 4.79 Å². The van der Waals surface area contributed by atoms with Crippen LogP contribution in [-0.2, 0) is 6.42 Å². The van der Waals surface area contributed by atoms with Gasteiger partial charge in [0.1, 0.15) is 5.75 Å². The van der Waals surface area contributed by atoms with Crippen molar-refractivity contribution in [2.75, 3.05) is 6.54 Å². The predicted octanol–water partition coefficient (Wildman–Crippen LogP) is 4.24. The molecule has 27 heavy (non-hydrogen) atoms. The summed E-state index contributed by atoms with van der Waals surface area (Å²) in [6, 6.07) is 17.2. The Morgan fingerprint density at radius 2 is 1.96 bits per heavy atom. The van der Waals surface area contributed by atoms with Crippen molar-refractivity contribution >= 4 is 6.03 Å². The molecular weight excluding hydrogens is 338 g/mol. The van der Waals surface area contributed by atoms with E-state index in [1.165, 1.54) is 10.2 Å². The van der Waals surface area contributed by atoms with Gasteiger partial charge in [-0.2, -0.15) is 9.78 Å². The monoisotopic (exact) mass is 361 g/mol. The fourth-order valence-electron chi connectivity index (χ4n) is 3.25. The second-order valence-corrected chi connectivity index (χ2v) is 7.13. The molecule has 1 aliphatic rings. The van der Waals surface area contributed by atoms with E-state index >= 15 is 0 Å². The van der Waals surface area contributed by atoms with Crippen molar-refractivity contribution in [3.05, 3.63) is 71.4 Å². The normalized spacial score (nSPS) is 13.5. The minimum Gasteiger partial charge on any atom is -0.507 e. The second-order valence-electron chi connectivity index (χ2n) is 7.13. The van der Waals surface area contributed by atoms with Gasteiger partial charge in [0.25, 0.3) is 0 Å². The first-order chi connectivity index (χ1) is 13.1. The maximum Gasteiger partial charge on any atom is 0.342 e. The summed E-state index contributed by atoms with van der Waals surface area (Å²) >= 11 is 0. The Labute approximate surface area is 158 Å². The lowest BCUT2D eigenvalue weighted by Crippen LogP contribution is -2.32. The van der Waals surface area contributed by atoms with Crippen LogP contribution in [0.3, 0.4) is 0 Å². The molecule has 1 fully saturated rings. The van der Waals surface area contributed by atoms with Gasteiger partial charge >= 0.3 is 6.03 Å². The summed E-state index contributed by atoms with van der Waals surface area (Å²) in [5.74, 6) is 0.551. The Hall–Kier alpha value is -3.08. The van der Waals surface area contributed by atoms with Crippen molar-refractivity contribution in [2.24, 2.45) is 0 Å². The van der Waals surface area contributed by atoms with E-state index in [-0.39, 0.29) is 11.8 Å².